The molecule has 1 aliphatic rings. The molecule has 31 heavy (non-hydrogen) atoms. The first-order chi connectivity index (χ1) is 14.7. The van der Waals surface area contributed by atoms with Gasteiger partial charge in [0.25, 0.3) is 5.91 Å². The second-order valence-electron chi connectivity index (χ2n) is 7.53. The van der Waals surface area contributed by atoms with E-state index >= 15 is 0 Å². The number of amides is 2. The van der Waals surface area contributed by atoms with Gasteiger partial charge in [-0.3, -0.25) is 9.59 Å². The van der Waals surface area contributed by atoms with Crippen molar-refractivity contribution in [1.82, 2.24) is 10.6 Å². The van der Waals surface area contributed by atoms with Gasteiger partial charge in [-0.25, -0.2) is 4.39 Å². The van der Waals surface area contributed by atoms with Crippen LogP contribution in [0.1, 0.15) is 29.8 Å². The molecule has 0 saturated carbocycles. The molecule has 0 radical (unpaired) electrons. The molecule has 3 rings (SSSR count). The van der Waals surface area contributed by atoms with Gasteiger partial charge in [0.1, 0.15) is 5.82 Å². The van der Waals surface area contributed by atoms with Gasteiger partial charge in [-0.05, 0) is 49.7 Å². The Morgan fingerprint density at radius 1 is 1.10 bits per heavy atom. The summed E-state index contributed by atoms with van der Waals surface area (Å²) in [5, 5.41) is 5.77. The van der Waals surface area contributed by atoms with Gasteiger partial charge in [0.15, 0.2) is 0 Å². The Kier molecular flexibility index (Phi) is 7.75. The molecule has 2 aromatic rings. The summed E-state index contributed by atoms with van der Waals surface area (Å²) in [7, 11) is 0. The minimum atomic E-state index is -0.485. The molecule has 1 saturated heterocycles. The van der Waals surface area contributed by atoms with Crippen LogP contribution in [-0.2, 0) is 16.1 Å². The van der Waals surface area contributed by atoms with E-state index in [9.17, 15) is 14.0 Å². The SMILES string of the molecule is CC1CN(c2ccc(CNC(=O)CNC(=O)c3ccc(Cl)cc3Cl)cc2F)CC(C)O1. The molecule has 6 nitrogen and oxygen atoms in total. The van der Waals surface area contributed by atoms with Crippen molar-refractivity contribution in [3.63, 3.8) is 0 Å². The zero-order valence-electron chi connectivity index (χ0n) is 17.3. The van der Waals surface area contributed by atoms with Crippen LogP contribution < -0.4 is 15.5 Å². The number of rotatable bonds is 6. The topological polar surface area (TPSA) is 70.7 Å². The van der Waals surface area contributed by atoms with Gasteiger partial charge in [0.05, 0.1) is 35.0 Å². The van der Waals surface area contributed by atoms with Crippen molar-refractivity contribution in [3.05, 3.63) is 63.4 Å². The highest BCUT2D eigenvalue weighted by atomic mass is 35.5. The van der Waals surface area contributed by atoms with E-state index in [1.807, 2.05) is 18.7 Å². The van der Waals surface area contributed by atoms with Crippen molar-refractivity contribution in [2.75, 3.05) is 24.5 Å². The first-order valence-electron chi connectivity index (χ1n) is 9.91. The molecule has 2 amide bonds. The van der Waals surface area contributed by atoms with Crippen LogP contribution in [0.25, 0.3) is 0 Å². The second kappa shape index (κ2) is 10.3. The van der Waals surface area contributed by atoms with Gasteiger partial charge in [0.2, 0.25) is 5.91 Å². The number of anilines is 1. The molecule has 166 valence electrons. The predicted molar refractivity (Wildman–Crippen MR) is 119 cm³/mol. The summed E-state index contributed by atoms with van der Waals surface area (Å²) in [6.45, 7) is 5.07. The smallest absolute Gasteiger partial charge is 0.253 e. The molecule has 0 aromatic heterocycles. The number of carbonyl (C=O) groups is 2. The minimum absolute atomic E-state index is 0.0279. The number of benzene rings is 2. The van der Waals surface area contributed by atoms with Gasteiger partial charge in [-0.2, -0.15) is 0 Å². The normalized spacial score (nSPS) is 18.5. The molecule has 1 aliphatic heterocycles. The van der Waals surface area contributed by atoms with E-state index in [-0.39, 0.29) is 41.7 Å². The largest absolute Gasteiger partial charge is 0.372 e. The maximum absolute atomic E-state index is 14.6. The standard InChI is InChI=1S/C22H24Cl2FN3O3/c1-13-11-28(12-14(2)31-13)20-6-3-15(7-19(20)25)9-26-21(29)10-27-22(30)17-5-4-16(23)8-18(17)24/h3-8,13-14H,9-12H2,1-2H3,(H,26,29)(H,27,30). The van der Waals surface area contributed by atoms with Gasteiger partial charge in [-0.1, -0.05) is 29.3 Å². The Labute approximate surface area is 190 Å². The molecular formula is C22H24Cl2FN3O3. The van der Waals surface area contributed by atoms with Crippen LogP contribution in [-0.4, -0.2) is 43.7 Å². The third-order valence-electron chi connectivity index (χ3n) is 4.85. The van der Waals surface area contributed by atoms with E-state index in [0.29, 0.717) is 29.4 Å². The lowest BCUT2D eigenvalue weighted by Crippen LogP contribution is -2.45. The molecule has 2 aromatic carbocycles. The molecule has 0 bridgehead atoms. The highest BCUT2D eigenvalue weighted by Crippen LogP contribution is 2.24. The first kappa shape index (κ1) is 23.3. The number of carbonyl (C=O) groups excluding carboxylic acids is 2. The number of morpholine rings is 1. The molecule has 2 atom stereocenters. The Hall–Kier alpha value is -2.35. The average Bonchev–Trinajstić information content (AvgIpc) is 2.69. The summed E-state index contributed by atoms with van der Waals surface area (Å²) >= 11 is 11.8. The zero-order valence-corrected chi connectivity index (χ0v) is 18.8. The van der Waals surface area contributed by atoms with Crippen molar-refractivity contribution < 1.29 is 18.7 Å². The first-order valence-corrected chi connectivity index (χ1v) is 10.7. The summed E-state index contributed by atoms with van der Waals surface area (Å²) in [5.41, 5.74) is 1.36. The van der Waals surface area contributed by atoms with Crippen LogP contribution in [0.3, 0.4) is 0 Å². The van der Waals surface area contributed by atoms with Crippen molar-refractivity contribution >= 4 is 40.7 Å². The van der Waals surface area contributed by atoms with Crippen LogP contribution in [0.5, 0.6) is 0 Å². The van der Waals surface area contributed by atoms with Crippen molar-refractivity contribution in [2.24, 2.45) is 0 Å². The van der Waals surface area contributed by atoms with E-state index < -0.39 is 11.8 Å². The summed E-state index contributed by atoms with van der Waals surface area (Å²) < 4.78 is 20.3. The van der Waals surface area contributed by atoms with Gasteiger partial charge in [-0.15, -0.1) is 0 Å². The maximum Gasteiger partial charge on any atom is 0.253 e. The summed E-state index contributed by atoms with van der Waals surface area (Å²) in [6, 6.07) is 9.37. The number of nitrogens with one attached hydrogen (secondary N) is 2. The molecule has 2 unspecified atom stereocenters. The fourth-order valence-electron chi connectivity index (χ4n) is 3.48. The summed E-state index contributed by atoms with van der Waals surface area (Å²) in [4.78, 5) is 26.2. The molecule has 1 fully saturated rings. The van der Waals surface area contributed by atoms with E-state index in [2.05, 4.69) is 10.6 Å². The fraction of sp³-hybridized carbons (Fsp3) is 0.364. The van der Waals surface area contributed by atoms with E-state index in [1.54, 1.807) is 18.2 Å². The number of ether oxygens (including phenoxy) is 1. The highest BCUT2D eigenvalue weighted by Gasteiger charge is 2.24. The van der Waals surface area contributed by atoms with E-state index in [4.69, 9.17) is 27.9 Å². The quantitative estimate of drug-likeness (QED) is 0.677. The fourth-order valence-corrected chi connectivity index (χ4v) is 3.98. The van der Waals surface area contributed by atoms with E-state index in [1.165, 1.54) is 18.2 Å². The molecule has 2 N–H and O–H groups in total. The van der Waals surface area contributed by atoms with Gasteiger partial charge < -0.3 is 20.3 Å². The Bertz CT molecular complexity index is 963. The highest BCUT2D eigenvalue weighted by molar-refractivity contribution is 6.36. The van der Waals surface area contributed by atoms with Crippen molar-refractivity contribution in [2.45, 2.75) is 32.6 Å². The number of hydrogen-bond acceptors (Lipinski definition) is 4. The van der Waals surface area contributed by atoms with Crippen LogP contribution in [0.4, 0.5) is 10.1 Å². The number of nitrogens with zero attached hydrogens (tertiary/aromatic N) is 1. The monoisotopic (exact) mass is 467 g/mol. The summed E-state index contributed by atoms with van der Waals surface area (Å²) in [5.74, 6) is -1.24. The van der Waals surface area contributed by atoms with Crippen molar-refractivity contribution in [1.29, 1.82) is 0 Å². The van der Waals surface area contributed by atoms with Crippen molar-refractivity contribution in [3.8, 4) is 0 Å². The molecule has 0 spiro atoms. The van der Waals surface area contributed by atoms with Crippen LogP contribution in [0, 0.1) is 5.82 Å². The number of halogens is 3. The Balaban J connectivity index is 1.51. The second-order valence-corrected chi connectivity index (χ2v) is 8.38. The van der Waals surface area contributed by atoms with Crippen LogP contribution in [0.2, 0.25) is 10.0 Å². The summed E-state index contributed by atoms with van der Waals surface area (Å²) in [6.07, 6.45) is 0.0557. The van der Waals surface area contributed by atoms with Gasteiger partial charge in [0, 0.05) is 24.7 Å². The maximum atomic E-state index is 14.6. The predicted octanol–water partition coefficient (Wildman–Crippen LogP) is 3.79. The lowest BCUT2D eigenvalue weighted by atomic mass is 10.1. The van der Waals surface area contributed by atoms with Crippen LogP contribution in [0.15, 0.2) is 36.4 Å². The number of hydrogen-bond donors (Lipinski definition) is 2. The molecule has 9 heteroatoms. The molecule has 0 aliphatic carbocycles. The minimum Gasteiger partial charge on any atom is -0.372 e. The van der Waals surface area contributed by atoms with Gasteiger partial charge >= 0.3 is 0 Å². The zero-order chi connectivity index (χ0) is 22.5. The lowest BCUT2D eigenvalue weighted by Gasteiger charge is -2.37. The third kappa shape index (κ3) is 6.32. The van der Waals surface area contributed by atoms with Crippen LogP contribution >= 0.6 is 23.2 Å². The molecular weight excluding hydrogens is 444 g/mol. The molecule has 1 heterocycles. The Morgan fingerprint density at radius 2 is 1.81 bits per heavy atom. The average molecular weight is 468 g/mol. The third-order valence-corrected chi connectivity index (χ3v) is 5.40. The van der Waals surface area contributed by atoms with E-state index in [0.717, 1.165) is 0 Å². The Morgan fingerprint density at radius 3 is 2.45 bits per heavy atom. The lowest BCUT2D eigenvalue weighted by molar-refractivity contribution is -0.120.